The molecule has 1 aliphatic rings. The summed E-state index contributed by atoms with van der Waals surface area (Å²) < 4.78 is 5.60. The van der Waals surface area contributed by atoms with Crippen molar-refractivity contribution in [2.75, 3.05) is 25.0 Å². The number of furan rings is 1. The van der Waals surface area contributed by atoms with Crippen LogP contribution in [0.15, 0.2) is 47.1 Å². The van der Waals surface area contributed by atoms with Gasteiger partial charge in [0.1, 0.15) is 5.76 Å². The maximum absolute atomic E-state index is 12.7. The highest BCUT2D eigenvalue weighted by molar-refractivity contribution is 5.98. The SMILES string of the molecule is CC(C)(C)C(=O)Nc1cccc(C(=O)NCC(c2ccco2)N2CCCC2)c1. The number of carbonyl (C=O) groups excluding carboxylic acids is 2. The number of nitrogens with zero attached hydrogens (tertiary/aromatic N) is 1. The molecule has 1 aromatic heterocycles. The lowest BCUT2D eigenvalue weighted by Crippen LogP contribution is -2.36. The molecule has 6 heteroatoms. The minimum atomic E-state index is -0.496. The van der Waals surface area contributed by atoms with E-state index in [0.29, 0.717) is 17.8 Å². The monoisotopic (exact) mass is 383 g/mol. The summed E-state index contributed by atoms with van der Waals surface area (Å²) in [5, 5.41) is 5.89. The Morgan fingerprint density at radius 1 is 1.14 bits per heavy atom. The number of rotatable bonds is 6. The molecular weight excluding hydrogens is 354 g/mol. The Hall–Kier alpha value is -2.60. The van der Waals surface area contributed by atoms with Gasteiger partial charge in [0.15, 0.2) is 0 Å². The van der Waals surface area contributed by atoms with E-state index >= 15 is 0 Å². The third-order valence-corrected chi connectivity index (χ3v) is 4.97. The first-order valence-electron chi connectivity index (χ1n) is 9.82. The summed E-state index contributed by atoms with van der Waals surface area (Å²) in [6.07, 6.45) is 4.00. The number of hydrogen-bond acceptors (Lipinski definition) is 4. The highest BCUT2D eigenvalue weighted by Crippen LogP contribution is 2.25. The number of carbonyl (C=O) groups is 2. The van der Waals surface area contributed by atoms with E-state index in [4.69, 9.17) is 4.42 Å². The van der Waals surface area contributed by atoms with E-state index in [9.17, 15) is 9.59 Å². The van der Waals surface area contributed by atoms with Gasteiger partial charge < -0.3 is 15.1 Å². The molecule has 2 heterocycles. The number of benzene rings is 1. The molecule has 0 radical (unpaired) electrons. The molecule has 1 fully saturated rings. The van der Waals surface area contributed by atoms with Crippen LogP contribution in [-0.4, -0.2) is 36.3 Å². The normalized spacial score (nSPS) is 16.0. The van der Waals surface area contributed by atoms with Crippen LogP contribution in [0.5, 0.6) is 0 Å². The molecule has 2 amide bonds. The van der Waals surface area contributed by atoms with Crippen LogP contribution in [0, 0.1) is 5.41 Å². The zero-order chi connectivity index (χ0) is 20.1. The fraction of sp³-hybridized carbons (Fsp3) is 0.455. The van der Waals surface area contributed by atoms with Crippen molar-refractivity contribution >= 4 is 17.5 Å². The molecule has 2 N–H and O–H groups in total. The van der Waals surface area contributed by atoms with Crippen LogP contribution in [0.3, 0.4) is 0 Å². The molecule has 0 bridgehead atoms. The third-order valence-electron chi connectivity index (χ3n) is 4.97. The van der Waals surface area contributed by atoms with Crippen LogP contribution in [0.25, 0.3) is 0 Å². The van der Waals surface area contributed by atoms with Gasteiger partial charge in [0.2, 0.25) is 5.91 Å². The summed E-state index contributed by atoms with van der Waals surface area (Å²) in [5.74, 6) is 0.618. The van der Waals surface area contributed by atoms with Gasteiger partial charge in [-0.25, -0.2) is 0 Å². The van der Waals surface area contributed by atoms with Crippen LogP contribution < -0.4 is 10.6 Å². The molecule has 6 nitrogen and oxygen atoms in total. The predicted molar refractivity (Wildman–Crippen MR) is 109 cm³/mol. The average Bonchev–Trinajstić information content (AvgIpc) is 3.36. The second-order valence-electron chi connectivity index (χ2n) is 8.27. The van der Waals surface area contributed by atoms with Crippen molar-refractivity contribution in [3.63, 3.8) is 0 Å². The predicted octanol–water partition coefficient (Wildman–Crippen LogP) is 3.83. The van der Waals surface area contributed by atoms with Crippen LogP contribution in [0.1, 0.15) is 55.8 Å². The largest absolute Gasteiger partial charge is 0.468 e. The highest BCUT2D eigenvalue weighted by Gasteiger charge is 2.26. The number of amides is 2. The molecule has 1 aliphatic heterocycles. The first kappa shape index (κ1) is 20.1. The summed E-state index contributed by atoms with van der Waals surface area (Å²) in [5.41, 5.74) is 0.644. The Bertz CT molecular complexity index is 803. The number of anilines is 1. The van der Waals surface area contributed by atoms with Crippen LogP contribution >= 0.6 is 0 Å². The van der Waals surface area contributed by atoms with Gasteiger partial charge in [-0.3, -0.25) is 14.5 Å². The van der Waals surface area contributed by atoms with Gasteiger partial charge in [0.25, 0.3) is 5.91 Å². The van der Waals surface area contributed by atoms with E-state index in [-0.39, 0.29) is 17.9 Å². The lowest BCUT2D eigenvalue weighted by molar-refractivity contribution is -0.123. The molecule has 1 saturated heterocycles. The zero-order valence-electron chi connectivity index (χ0n) is 16.8. The summed E-state index contributed by atoms with van der Waals surface area (Å²) >= 11 is 0. The van der Waals surface area contributed by atoms with Crippen molar-refractivity contribution in [1.82, 2.24) is 10.2 Å². The second kappa shape index (κ2) is 8.61. The quantitative estimate of drug-likeness (QED) is 0.795. The van der Waals surface area contributed by atoms with Crippen molar-refractivity contribution in [2.45, 2.75) is 39.7 Å². The van der Waals surface area contributed by atoms with E-state index in [1.54, 1.807) is 30.5 Å². The maximum Gasteiger partial charge on any atom is 0.251 e. The van der Waals surface area contributed by atoms with Gasteiger partial charge in [-0.2, -0.15) is 0 Å². The van der Waals surface area contributed by atoms with E-state index in [0.717, 1.165) is 18.8 Å². The van der Waals surface area contributed by atoms with E-state index in [1.165, 1.54) is 12.8 Å². The zero-order valence-corrected chi connectivity index (χ0v) is 16.8. The Kier molecular flexibility index (Phi) is 6.19. The Labute approximate surface area is 166 Å². The number of nitrogens with one attached hydrogen (secondary N) is 2. The van der Waals surface area contributed by atoms with Gasteiger partial charge in [0, 0.05) is 23.2 Å². The second-order valence-corrected chi connectivity index (χ2v) is 8.27. The van der Waals surface area contributed by atoms with Crippen molar-refractivity contribution in [3.05, 3.63) is 54.0 Å². The van der Waals surface area contributed by atoms with Gasteiger partial charge in [-0.05, 0) is 56.3 Å². The van der Waals surface area contributed by atoms with Crippen molar-refractivity contribution in [1.29, 1.82) is 0 Å². The standard InChI is InChI=1S/C22H29N3O3/c1-22(2,3)21(27)24-17-9-6-8-16(14-17)20(26)23-15-18(19-10-7-13-28-19)25-11-4-5-12-25/h6-10,13-14,18H,4-5,11-12,15H2,1-3H3,(H,23,26)(H,24,27). The van der Waals surface area contributed by atoms with Gasteiger partial charge >= 0.3 is 0 Å². The maximum atomic E-state index is 12.7. The Morgan fingerprint density at radius 2 is 1.89 bits per heavy atom. The first-order chi connectivity index (χ1) is 13.3. The average molecular weight is 383 g/mol. The molecule has 0 saturated carbocycles. The Morgan fingerprint density at radius 3 is 2.54 bits per heavy atom. The topological polar surface area (TPSA) is 74.6 Å². The molecule has 2 aromatic rings. The number of hydrogen-bond donors (Lipinski definition) is 2. The molecule has 1 atom stereocenters. The molecule has 0 aliphatic carbocycles. The Balaban J connectivity index is 1.65. The number of likely N-dealkylation sites (tertiary alicyclic amines) is 1. The van der Waals surface area contributed by atoms with E-state index < -0.39 is 5.41 Å². The molecule has 0 spiro atoms. The van der Waals surface area contributed by atoms with Crippen LogP contribution in [0.2, 0.25) is 0 Å². The molecular formula is C22H29N3O3. The summed E-state index contributed by atoms with van der Waals surface area (Å²) in [6, 6.07) is 10.9. The fourth-order valence-electron chi connectivity index (χ4n) is 3.29. The smallest absolute Gasteiger partial charge is 0.251 e. The first-order valence-corrected chi connectivity index (χ1v) is 9.82. The molecule has 3 rings (SSSR count). The third kappa shape index (κ3) is 5.01. The van der Waals surface area contributed by atoms with Crippen molar-refractivity contribution in [3.8, 4) is 0 Å². The summed E-state index contributed by atoms with van der Waals surface area (Å²) in [6.45, 7) is 8.06. The van der Waals surface area contributed by atoms with E-state index in [1.807, 2.05) is 32.9 Å². The summed E-state index contributed by atoms with van der Waals surface area (Å²) in [4.78, 5) is 27.2. The van der Waals surface area contributed by atoms with Crippen molar-refractivity contribution < 1.29 is 14.0 Å². The van der Waals surface area contributed by atoms with Crippen LogP contribution in [0.4, 0.5) is 5.69 Å². The fourth-order valence-corrected chi connectivity index (χ4v) is 3.29. The minimum Gasteiger partial charge on any atom is -0.468 e. The van der Waals surface area contributed by atoms with Gasteiger partial charge in [0.05, 0.1) is 12.3 Å². The highest BCUT2D eigenvalue weighted by atomic mass is 16.3. The lowest BCUT2D eigenvalue weighted by Gasteiger charge is -2.26. The molecule has 150 valence electrons. The minimum absolute atomic E-state index is 0.0326. The molecule has 1 aromatic carbocycles. The van der Waals surface area contributed by atoms with Gasteiger partial charge in [-0.15, -0.1) is 0 Å². The molecule has 28 heavy (non-hydrogen) atoms. The van der Waals surface area contributed by atoms with Gasteiger partial charge in [-0.1, -0.05) is 26.8 Å². The summed E-state index contributed by atoms with van der Waals surface area (Å²) in [7, 11) is 0. The molecule has 1 unspecified atom stereocenters. The van der Waals surface area contributed by atoms with Crippen molar-refractivity contribution in [2.24, 2.45) is 5.41 Å². The lowest BCUT2D eigenvalue weighted by atomic mass is 9.95. The van der Waals surface area contributed by atoms with E-state index in [2.05, 4.69) is 15.5 Å². The van der Waals surface area contributed by atoms with Crippen LogP contribution in [-0.2, 0) is 4.79 Å².